The number of anilines is 1. The highest BCUT2D eigenvalue weighted by Gasteiger charge is 2.21. The SMILES string of the molecule is CC(=O)c1cn(CCC(F)Cn2ccc(NC(=O)CN3CCCC(F)C3)cc2=O)nn1. The van der Waals surface area contributed by atoms with Crippen LogP contribution in [0.5, 0.6) is 0 Å². The van der Waals surface area contributed by atoms with E-state index in [1.165, 1.54) is 40.7 Å². The van der Waals surface area contributed by atoms with E-state index >= 15 is 0 Å². The summed E-state index contributed by atoms with van der Waals surface area (Å²) in [6.07, 6.45) is 1.98. The molecular formula is C20H26F2N6O3. The summed E-state index contributed by atoms with van der Waals surface area (Å²) in [4.78, 5) is 37.4. The van der Waals surface area contributed by atoms with E-state index in [0.717, 1.165) is 0 Å². The lowest BCUT2D eigenvalue weighted by Gasteiger charge is -2.28. The molecule has 1 aliphatic rings. The first-order chi connectivity index (χ1) is 14.8. The van der Waals surface area contributed by atoms with Gasteiger partial charge in [-0.3, -0.25) is 24.0 Å². The van der Waals surface area contributed by atoms with Crippen molar-refractivity contribution in [1.82, 2.24) is 24.5 Å². The fourth-order valence-electron chi connectivity index (χ4n) is 3.43. The first-order valence-electron chi connectivity index (χ1n) is 10.2. The molecule has 1 aliphatic heterocycles. The monoisotopic (exact) mass is 436 g/mol. The third-order valence-corrected chi connectivity index (χ3v) is 5.06. The van der Waals surface area contributed by atoms with E-state index in [-0.39, 0.29) is 50.0 Å². The Morgan fingerprint density at radius 2 is 2.19 bits per heavy atom. The molecule has 0 radical (unpaired) electrons. The van der Waals surface area contributed by atoms with Crippen molar-refractivity contribution in [3.63, 3.8) is 0 Å². The lowest BCUT2D eigenvalue weighted by atomic mass is 10.1. The van der Waals surface area contributed by atoms with Gasteiger partial charge in [0.15, 0.2) is 5.78 Å². The van der Waals surface area contributed by atoms with Crippen LogP contribution in [0.4, 0.5) is 14.5 Å². The number of rotatable bonds is 9. The molecule has 31 heavy (non-hydrogen) atoms. The largest absolute Gasteiger partial charge is 0.325 e. The predicted molar refractivity (Wildman–Crippen MR) is 109 cm³/mol. The van der Waals surface area contributed by atoms with Crippen molar-refractivity contribution in [3.05, 3.63) is 40.6 Å². The third-order valence-electron chi connectivity index (χ3n) is 5.06. The van der Waals surface area contributed by atoms with Crippen molar-refractivity contribution in [2.45, 2.75) is 51.6 Å². The number of aryl methyl sites for hydroxylation is 1. The lowest BCUT2D eigenvalue weighted by Crippen LogP contribution is -2.41. The summed E-state index contributed by atoms with van der Waals surface area (Å²) in [5.41, 5.74) is 0.0887. The molecule has 2 aromatic heterocycles. The number of alkyl halides is 2. The highest BCUT2D eigenvalue weighted by atomic mass is 19.1. The summed E-state index contributed by atoms with van der Waals surface area (Å²) >= 11 is 0. The maximum absolute atomic E-state index is 14.3. The summed E-state index contributed by atoms with van der Waals surface area (Å²) in [7, 11) is 0. The zero-order valence-electron chi connectivity index (χ0n) is 17.3. The van der Waals surface area contributed by atoms with Crippen LogP contribution in [0.25, 0.3) is 0 Å². The number of ketones is 1. The van der Waals surface area contributed by atoms with E-state index < -0.39 is 17.9 Å². The number of hydrogen-bond acceptors (Lipinski definition) is 6. The topological polar surface area (TPSA) is 102 Å². The summed E-state index contributed by atoms with van der Waals surface area (Å²) in [6.45, 7) is 2.41. The highest BCUT2D eigenvalue weighted by molar-refractivity contribution is 5.92. The summed E-state index contributed by atoms with van der Waals surface area (Å²) < 4.78 is 30.4. The van der Waals surface area contributed by atoms with Crippen LogP contribution in [0.2, 0.25) is 0 Å². The first-order valence-corrected chi connectivity index (χ1v) is 10.2. The Balaban J connectivity index is 1.48. The summed E-state index contributed by atoms with van der Waals surface area (Å²) in [5, 5.41) is 10.1. The second-order valence-electron chi connectivity index (χ2n) is 7.74. The number of carbonyl (C=O) groups excluding carboxylic acids is 2. The van der Waals surface area contributed by atoms with Crippen molar-refractivity contribution >= 4 is 17.4 Å². The van der Waals surface area contributed by atoms with E-state index in [2.05, 4.69) is 15.6 Å². The first kappa shape index (κ1) is 22.7. The zero-order valence-corrected chi connectivity index (χ0v) is 17.3. The molecule has 1 amide bonds. The van der Waals surface area contributed by atoms with Gasteiger partial charge in [-0.25, -0.2) is 8.78 Å². The van der Waals surface area contributed by atoms with Gasteiger partial charge in [0, 0.05) is 38.0 Å². The number of piperidine rings is 1. The van der Waals surface area contributed by atoms with E-state index in [0.29, 0.717) is 25.1 Å². The minimum absolute atomic E-state index is 0.0592. The van der Waals surface area contributed by atoms with E-state index in [1.54, 1.807) is 4.90 Å². The molecule has 2 atom stereocenters. The van der Waals surface area contributed by atoms with Crippen LogP contribution >= 0.6 is 0 Å². The Hall–Kier alpha value is -2.95. The van der Waals surface area contributed by atoms with Gasteiger partial charge >= 0.3 is 0 Å². The fraction of sp³-hybridized carbons (Fsp3) is 0.550. The van der Waals surface area contributed by atoms with Gasteiger partial charge in [0.1, 0.15) is 18.0 Å². The Bertz CT molecular complexity index is 976. The number of halogens is 2. The average Bonchev–Trinajstić information content (AvgIpc) is 3.18. The lowest BCUT2D eigenvalue weighted by molar-refractivity contribution is -0.117. The number of nitrogens with zero attached hydrogens (tertiary/aromatic N) is 5. The van der Waals surface area contributed by atoms with Gasteiger partial charge in [0.2, 0.25) is 5.91 Å². The van der Waals surface area contributed by atoms with Gasteiger partial charge in [-0.1, -0.05) is 5.21 Å². The molecule has 0 spiro atoms. The normalized spacial score (nSPS) is 18.0. The van der Waals surface area contributed by atoms with Crippen LogP contribution in [0.15, 0.2) is 29.3 Å². The molecule has 2 aromatic rings. The van der Waals surface area contributed by atoms with Crippen LogP contribution < -0.4 is 10.9 Å². The fourth-order valence-corrected chi connectivity index (χ4v) is 3.43. The summed E-state index contributed by atoms with van der Waals surface area (Å²) in [5.74, 6) is -0.545. The second-order valence-corrected chi connectivity index (χ2v) is 7.74. The molecule has 1 saturated heterocycles. The van der Waals surface area contributed by atoms with Crippen molar-refractivity contribution in [1.29, 1.82) is 0 Å². The van der Waals surface area contributed by atoms with Crippen LogP contribution in [-0.4, -0.2) is 68.1 Å². The van der Waals surface area contributed by atoms with Crippen LogP contribution in [0, 0.1) is 0 Å². The second kappa shape index (κ2) is 10.4. The van der Waals surface area contributed by atoms with Gasteiger partial charge < -0.3 is 9.88 Å². The molecule has 168 valence electrons. The smallest absolute Gasteiger partial charge is 0.252 e. The van der Waals surface area contributed by atoms with Gasteiger partial charge in [-0.15, -0.1) is 5.10 Å². The van der Waals surface area contributed by atoms with Gasteiger partial charge in [-0.2, -0.15) is 0 Å². The molecule has 0 bridgehead atoms. The molecule has 2 unspecified atom stereocenters. The van der Waals surface area contributed by atoms with Crippen LogP contribution in [-0.2, 0) is 17.9 Å². The number of amides is 1. The standard InChI is InChI=1S/C20H26F2N6O3/c1-14(29)18-12-28(25-24-18)8-4-16(22)11-27-7-5-17(9-20(27)31)23-19(30)13-26-6-2-3-15(21)10-26/h5,7,9,12,15-16H,2-4,6,8,10-11,13H2,1H3,(H,23,30). The molecule has 1 N–H and O–H groups in total. The van der Waals surface area contributed by atoms with E-state index in [9.17, 15) is 23.2 Å². The van der Waals surface area contributed by atoms with Gasteiger partial charge in [-0.05, 0) is 31.9 Å². The number of aromatic nitrogens is 4. The molecule has 0 saturated carbocycles. The molecule has 3 heterocycles. The summed E-state index contributed by atoms with van der Waals surface area (Å²) in [6, 6.07) is 2.76. The number of nitrogens with one attached hydrogen (secondary N) is 1. The van der Waals surface area contributed by atoms with Crippen LogP contribution in [0.1, 0.15) is 36.7 Å². The predicted octanol–water partition coefficient (Wildman–Crippen LogP) is 1.44. The minimum Gasteiger partial charge on any atom is -0.325 e. The molecule has 3 rings (SSSR count). The molecule has 11 heteroatoms. The van der Waals surface area contributed by atoms with Gasteiger partial charge in [0.25, 0.3) is 5.56 Å². The quantitative estimate of drug-likeness (QED) is 0.597. The molecule has 9 nitrogen and oxygen atoms in total. The number of Topliss-reactive ketones (excluding diaryl/α,β-unsaturated/α-hetero) is 1. The van der Waals surface area contributed by atoms with Crippen LogP contribution in [0.3, 0.4) is 0 Å². The Kier molecular flexibility index (Phi) is 7.61. The van der Waals surface area contributed by atoms with Crippen molar-refractivity contribution in [3.8, 4) is 0 Å². The van der Waals surface area contributed by atoms with E-state index in [1.807, 2.05) is 0 Å². The maximum atomic E-state index is 14.3. The number of hydrogen-bond donors (Lipinski definition) is 1. The Labute approximate surface area is 178 Å². The number of likely N-dealkylation sites (tertiary alicyclic amines) is 1. The molecule has 0 aromatic carbocycles. The third kappa shape index (κ3) is 6.78. The number of pyridine rings is 1. The Morgan fingerprint density at radius 1 is 1.39 bits per heavy atom. The van der Waals surface area contributed by atoms with Crippen molar-refractivity contribution in [2.24, 2.45) is 0 Å². The molecule has 1 fully saturated rings. The average molecular weight is 436 g/mol. The Morgan fingerprint density at radius 3 is 2.87 bits per heavy atom. The van der Waals surface area contributed by atoms with Gasteiger partial charge in [0.05, 0.1) is 19.3 Å². The highest BCUT2D eigenvalue weighted by Crippen LogP contribution is 2.13. The zero-order chi connectivity index (χ0) is 22.4. The van der Waals surface area contributed by atoms with Crippen molar-refractivity contribution in [2.75, 3.05) is 25.0 Å². The number of carbonyl (C=O) groups is 2. The molecular weight excluding hydrogens is 410 g/mol. The van der Waals surface area contributed by atoms with Crippen molar-refractivity contribution < 1.29 is 18.4 Å². The van der Waals surface area contributed by atoms with E-state index in [4.69, 9.17) is 0 Å². The molecule has 0 aliphatic carbocycles. The maximum Gasteiger partial charge on any atom is 0.252 e. The minimum atomic E-state index is -1.31.